The van der Waals surface area contributed by atoms with Gasteiger partial charge >= 0.3 is 0 Å². The first-order chi connectivity index (χ1) is 5.18. The minimum atomic E-state index is -0.455. The van der Waals surface area contributed by atoms with Gasteiger partial charge in [0.25, 0.3) is 0 Å². The molecule has 0 radical (unpaired) electrons. The molecule has 0 spiro atoms. The summed E-state index contributed by atoms with van der Waals surface area (Å²) in [6, 6.07) is 1.87. The van der Waals surface area contributed by atoms with E-state index in [2.05, 4.69) is 5.16 Å². The van der Waals surface area contributed by atoms with Gasteiger partial charge in [-0.3, -0.25) is 0 Å². The van der Waals surface area contributed by atoms with E-state index < -0.39 is 5.60 Å². The minimum Gasteiger partial charge on any atom is -0.389 e. The maximum atomic E-state index is 9.51. The van der Waals surface area contributed by atoms with Gasteiger partial charge in [0.15, 0.2) is 0 Å². The van der Waals surface area contributed by atoms with Crippen molar-refractivity contribution in [1.29, 1.82) is 0 Å². The third-order valence-electron chi connectivity index (χ3n) is 2.01. The summed E-state index contributed by atoms with van der Waals surface area (Å²) in [6.07, 6.45) is 2.45. The van der Waals surface area contributed by atoms with E-state index in [4.69, 9.17) is 4.52 Å². The molecule has 3 heteroatoms. The molecule has 2 rings (SSSR count). The van der Waals surface area contributed by atoms with Crippen LogP contribution in [0.25, 0.3) is 0 Å². The zero-order chi connectivity index (χ0) is 7.90. The van der Waals surface area contributed by atoms with Gasteiger partial charge in [-0.1, -0.05) is 5.16 Å². The Labute approximate surface area is 65.0 Å². The van der Waals surface area contributed by atoms with Crippen molar-refractivity contribution in [3.63, 3.8) is 0 Å². The molecule has 1 fully saturated rings. The number of nitrogens with zero attached hydrogens (tertiary/aromatic N) is 1. The number of aromatic nitrogens is 1. The Morgan fingerprint density at radius 3 is 2.91 bits per heavy atom. The number of hydrogen-bond donors (Lipinski definition) is 1. The Kier molecular flexibility index (Phi) is 1.29. The molecule has 0 bridgehead atoms. The van der Waals surface area contributed by atoms with Crippen LogP contribution in [0.3, 0.4) is 0 Å². The minimum absolute atomic E-state index is 0.455. The van der Waals surface area contributed by atoms with Gasteiger partial charge in [-0.2, -0.15) is 0 Å². The van der Waals surface area contributed by atoms with Gasteiger partial charge in [0.2, 0.25) is 0 Å². The summed E-state index contributed by atoms with van der Waals surface area (Å²) < 4.78 is 4.88. The highest BCUT2D eigenvalue weighted by Crippen LogP contribution is 2.37. The van der Waals surface area contributed by atoms with Crippen LogP contribution in [0.4, 0.5) is 0 Å². The molecule has 60 valence electrons. The third-order valence-corrected chi connectivity index (χ3v) is 2.01. The average Bonchev–Trinajstić information content (AvgIpc) is 2.49. The molecule has 1 aromatic rings. The second-order valence-electron chi connectivity index (χ2n) is 3.33. The summed E-state index contributed by atoms with van der Waals surface area (Å²) in [5.74, 6) is 0.809. The zero-order valence-corrected chi connectivity index (χ0v) is 6.50. The first kappa shape index (κ1) is 6.85. The van der Waals surface area contributed by atoms with E-state index in [1.165, 1.54) is 0 Å². The van der Waals surface area contributed by atoms with Gasteiger partial charge in [-0.25, -0.2) is 0 Å². The fraction of sp³-hybridized carbons (Fsp3) is 0.625. The van der Waals surface area contributed by atoms with Crippen LogP contribution in [-0.2, 0) is 6.42 Å². The summed E-state index contributed by atoms with van der Waals surface area (Å²) in [5.41, 5.74) is 0.408. The molecular weight excluding hydrogens is 142 g/mol. The van der Waals surface area contributed by atoms with E-state index in [0.717, 1.165) is 24.3 Å². The molecule has 1 N–H and O–H groups in total. The van der Waals surface area contributed by atoms with Gasteiger partial charge in [0.1, 0.15) is 5.76 Å². The molecule has 0 amide bonds. The van der Waals surface area contributed by atoms with E-state index in [0.29, 0.717) is 6.42 Å². The van der Waals surface area contributed by atoms with Crippen molar-refractivity contribution in [2.24, 2.45) is 0 Å². The van der Waals surface area contributed by atoms with E-state index in [-0.39, 0.29) is 0 Å². The maximum absolute atomic E-state index is 9.51. The van der Waals surface area contributed by atoms with Crippen molar-refractivity contribution in [3.8, 4) is 0 Å². The average molecular weight is 153 g/mol. The highest BCUT2D eigenvalue weighted by Gasteiger charge is 2.40. The second-order valence-corrected chi connectivity index (χ2v) is 3.33. The fourth-order valence-corrected chi connectivity index (χ4v) is 1.16. The SMILES string of the molecule is Cc1cc(CC2(O)CC2)no1. The monoisotopic (exact) mass is 153 g/mol. The lowest BCUT2D eigenvalue weighted by Gasteiger charge is -2.01. The van der Waals surface area contributed by atoms with Crippen LogP contribution in [0.2, 0.25) is 0 Å². The fourth-order valence-electron chi connectivity index (χ4n) is 1.16. The Balaban J connectivity index is 2.06. The van der Waals surface area contributed by atoms with Crippen molar-refractivity contribution in [2.45, 2.75) is 31.8 Å². The zero-order valence-electron chi connectivity index (χ0n) is 6.50. The molecule has 1 aliphatic carbocycles. The van der Waals surface area contributed by atoms with Crippen LogP contribution in [0, 0.1) is 6.92 Å². The molecule has 1 aliphatic rings. The normalized spacial score (nSPS) is 20.2. The van der Waals surface area contributed by atoms with Crippen LogP contribution in [0.5, 0.6) is 0 Å². The molecular formula is C8H11NO2. The molecule has 0 aliphatic heterocycles. The number of aliphatic hydroxyl groups is 1. The molecule has 11 heavy (non-hydrogen) atoms. The standard InChI is InChI=1S/C8H11NO2/c1-6-4-7(9-11-6)5-8(10)2-3-8/h4,10H,2-3,5H2,1H3. The van der Waals surface area contributed by atoms with Crippen LogP contribution in [0.1, 0.15) is 24.3 Å². The summed E-state index contributed by atoms with van der Waals surface area (Å²) in [6.45, 7) is 1.85. The van der Waals surface area contributed by atoms with Gasteiger partial charge in [-0.15, -0.1) is 0 Å². The third kappa shape index (κ3) is 1.43. The molecule has 1 heterocycles. The lowest BCUT2D eigenvalue weighted by Crippen LogP contribution is -2.10. The van der Waals surface area contributed by atoms with Crippen molar-refractivity contribution in [1.82, 2.24) is 5.16 Å². The predicted octanol–water partition coefficient (Wildman–Crippen LogP) is 1.05. The quantitative estimate of drug-likeness (QED) is 0.690. The molecule has 3 nitrogen and oxygen atoms in total. The number of hydrogen-bond acceptors (Lipinski definition) is 3. The number of rotatable bonds is 2. The molecule has 0 saturated heterocycles. The summed E-state index contributed by atoms with van der Waals surface area (Å²) >= 11 is 0. The van der Waals surface area contributed by atoms with Crippen LogP contribution in [-0.4, -0.2) is 15.9 Å². The first-order valence-electron chi connectivity index (χ1n) is 3.83. The molecule has 0 aromatic carbocycles. The van der Waals surface area contributed by atoms with Crippen LogP contribution in [0.15, 0.2) is 10.6 Å². The highest BCUT2D eigenvalue weighted by atomic mass is 16.5. The Morgan fingerprint density at radius 2 is 2.45 bits per heavy atom. The summed E-state index contributed by atoms with van der Waals surface area (Å²) in [4.78, 5) is 0. The Hall–Kier alpha value is -0.830. The maximum Gasteiger partial charge on any atom is 0.133 e. The van der Waals surface area contributed by atoms with E-state index in [1.807, 2.05) is 13.0 Å². The Bertz CT molecular complexity index is 263. The molecule has 1 saturated carbocycles. The lowest BCUT2D eigenvalue weighted by molar-refractivity contribution is 0.148. The summed E-state index contributed by atoms with van der Waals surface area (Å²) in [5, 5.41) is 13.3. The van der Waals surface area contributed by atoms with E-state index >= 15 is 0 Å². The Morgan fingerprint density at radius 1 is 1.73 bits per heavy atom. The van der Waals surface area contributed by atoms with E-state index in [9.17, 15) is 5.11 Å². The molecule has 1 aromatic heterocycles. The van der Waals surface area contributed by atoms with Crippen molar-refractivity contribution in [2.75, 3.05) is 0 Å². The van der Waals surface area contributed by atoms with Gasteiger partial charge in [-0.05, 0) is 19.8 Å². The van der Waals surface area contributed by atoms with Gasteiger partial charge < -0.3 is 9.63 Å². The lowest BCUT2D eigenvalue weighted by atomic mass is 10.2. The largest absolute Gasteiger partial charge is 0.389 e. The number of aryl methyl sites for hydroxylation is 1. The summed E-state index contributed by atoms with van der Waals surface area (Å²) in [7, 11) is 0. The molecule has 0 unspecified atom stereocenters. The van der Waals surface area contributed by atoms with Crippen LogP contribution < -0.4 is 0 Å². The van der Waals surface area contributed by atoms with E-state index in [1.54, 1.807) is 0 Å². The van der Waals surface area contributed by atoms with Crippen molar-refractivity contribution >= 4 is 0 Å². The molecule has 0 atom stereocenters. The van der Waals surface area contributed by atoms with Gasteiger partial charge in [0, 0.05) is 12.5 Å². The van der Waals surface area contributed by atoms with Crippen molar-refractivity contribution in [3.05, 3.63) is 17.5 Å². The predicted molar refractivity (Wildman–Crippen MR) is 39.1 cm³/mol. The first-order valence-corrected chi connectivity index (χ1v) is 3.83. The van der Waals surface area contributed by atoms with Crippen LogP contribution >= 0.6 is 0 Å². The highest BCUT2D eigenvalue weighted by molar-refractivity contribution is 5.10. The van der Waals surface area contributed by atoms with Gasteiger partial charge in [0.05, 0.1) is 11.3 Å². The second kappa shape index (κ2) is 2.08. The topological polar surface area (TPSA) is 46.3 Å². The smallest absolute Gasteiger partial charge is 0.133 e. The van der Waals surface area contributed by atoms with Crippen molar-refractivity contribution < 1.29 is 9.63 Å².